The van der Waals surface area contributed by atoms with Crippen LogP contribution in [0.1, 0.15) is 56.9 Å². The van der Waals surface area contributed by atoms with Crippen molar-refractivity contribution in [2.45, 2.75) is 68.0 Å². The predicted molar refractivity (Wildman–Crippen MR) is 112 cm³/mol. The molecule has 1 amide bonds. The van der Waals surface area contributed by atoms with Crippen molar-refractivity contribution in [3.05, 3.63) is 29.6 Å². The number of nitrogens with two attached hydrogens (primary N) is 1. The molecule has 10 heteroatoms. The fourth-order valence-corrected chi connectivity index (χ4v) is 5.59. The highest BCUT2D eigenvalue weighted by molar-refractivity contribution is 7.85. The maximum absolute atomic E-state index is 13.5. The molecule has 0 aromatic heterocycles. The van der Waals surface area contributed by atoms with Crippen molar-refractivity contribution in [3.8, 4) is 0 Å². The van der Waals surface area contributed by atoms with E-state index in [9.17, 15) is 31.4 Å². The van der Waals surface area contributed by atoms with Gasteiger partial charge in [0.05, 0.1) is 22.1 Å². The molecule has 2 saturated carbocycles. The van der Waals surface area contributed by atoms with E-state index in [0.29, 0.717) is 31.5 Å². The Morgan fingerprint density at radius 3 is 2.41 bits per heavy atom. The number of halogens is 4. The first-order chi connectivity index (χ1) is 14.9. The molecular formula is C22H28F4N2O3S. The Kier molecular flexibility index (Phi) is 7.75. The molecule has 1 unspecified atom stereocenters. The second-order valence-electron chi connectivity index (χ2n) is 9.07. The number of hydrogen-bond donors (Lipinski definition) is 2. The van der Waals surface area contributed by atoms with Gasteiger partial charge in [0.2, 0.25) is 5.91 Å². The average molecular weight is 477 g/mol. The van der Waals surface area contributed by atoms with Gasteiger partial charge in [0.1, 0.15) is 11.6 Å². The standard InChI is InChI=1S/C22H28F4N2O3S/c23-17-8-16(22(24,25)26)9-18(10-17)32(31)13-19(29)15-6-14(7-15)12-28-20(30)11-21(27)4-2-1-3-5-21/h8-10,14-15H,1-7,11-13,27H2,(H,28,30). The number of nitrogens with one attached hydrogen (secondary N) is 1. The fourth-order valence-electron chi connectivity index (χ4n) is 4.43. The van der Waals surface area contributed by atoms with Crippen LogP contribution in [0, 0.1) is 17.7 Å². The highest BCUT2D eigenvalue weighted by Crippen LogP contribution is 2.35. The van der Waals surface area contributed by atoms with E-state index in [1.54, 1.807) is 0 Å². The summed E-state index contributed by atoms with van der Waals surface area (Å²) >= 11 is 0. The molecule has 0 radical (unpaired) electrons. The summed E-state index contributed by atoms with van der Waals surface area (Å²) in [7, 11) is -2.06. The number of rotatable bonds is 8. The molecule has 178 valence electrons. The molecule has 1 aromatic carbocycles. The van der Waals surface area contributed by atoms with Crippen LogP contribution in [-0.2, 0) is 26.6 Å². The first-order valence-corrected chi connectivity index (χ1v) is 12.1. The number of ketones is 1. The monoisotopic (exact) mass is 476 g/mol. The fraction of sp³-hybridized carbons (Fsp3) is 0.636. The molecule has 0 aliphatic heterocycles. The van der Waals surface area contributed by atoms with Gasteiger partial charge in [-0.3, -0.25) is 13.8 Å². The third-order valence-electron chi connectivity index (χ3n) is 6.38. The van der Waals surface area contributed by atoms with Crippen molar-refractivity contribution in [2.24, 2.45) is 17.6 Å². The third-order valence-corrected chi connectivity index (χ3v) is 7.68. The average Bonchev–Trinajstić information content (AvgIpc) is 2.65. The number of amides is 1. The molecule has 3 N–H and O–H groups in total. The van der Waals surface area contributed by atoms with Gasteiger partial charge >= 0.3 is 6.18 Å². The Morgan fingerprint density at radius 2 is 1.78 bits per heavy atom. The lowest BCUT2D eigenvalue weighted by Crippen LogP contribution is -2.47. The summed E-state index contributed by atoms with van der Waals surface area (Å²) in [6.45, 7) is 0.431. The highest BCUT2D eigenvalue weighted by Gasteiger charge is 2.36. The maximum Gasteiger partial charge on any atom is 0.416 e. The second kappa shape index (κ2) is 9.99. The van der Waals surface area contributed by atoms with Gasteiger partial charge in [-0.15, -0.1) is 0 Å². The minimum absolute atomic E-state index is 0.100. The van der Waals surface area contributed by atoms with Crippen LogP contribution in [0.3, 0.4) is 0 Å². The van der Waals surface area contributed by atoms with Gasteiger partial charge < -0.3 is 11.1 Å². The van der Waals surface area contributed by atoms with Crippen LogP contribution in [0.2, 0.25) is 0 Å². The van der Waals surface area contributed by atoms with Gasteiger partial charge in [0, 0.05) is 29.3 Å². The molecule has 0 bridgehead atoms. The lowest BCUT2D eigenvalue weighted by molar-refractivity contribution is -0.138. The zero-order valence-electron chi connectivity index (χ0n) is 17.7. The lowest BCUT2D eigenvalue weighted by atomic mass is 9.73. The first kappa shape index (κ1) is 24.8. The summed E-state index contributed by atoms with van der Waals surface area (Å²) in [5.41, 5.74) is 4.62. The summed E-state index contributed by atoms with van der Waals surface area (Å²) in [6.07, 6.45) is 1.44. The van der Waals surface area contributed by atoms with Crippen LogP contribution in [-0.4, -0.2) is 33.7 Å². The van der Waals surface area contributed by atoms with Crippen molar-refractivity contribution in [3.63, 3.8) is 0 Å². The molecule has 2 fully saturated rings. The number of benzene rings is 1. The summed E-state index contributed by atoms with van der Waals surface area (Å²) in [5.74, 6) is -2.27. The minimum atomic E-state index is -4.77. The Labute approximate surface area is 187 Å². The molecule has 32 heavy (non-hydrogen) atoms. The van der Waals surface area contributed by atoms with Gasteiger partial charge in [-0.05, 0) is 49.8 Å². The highest BCUT2D eigenvalue weighted by atomic mass is 32.2. The first-order valence-electron chi connectivity index (χ1n) is 10.8. The molecule has 0 heterocycles. The van der Waals surface area contributed by atoms with Gasteiger partial charge in [-0.2, -0.15) is 13.2 Å². The summed E-state index contributed by atoms with van der Waals surface area (Å²) in [4.78, 5) is 24.2. The zero-order chi connectivity index (χ0) is 23.5. The molecule has 2 aliphatic carbocycles. The number of alkyl halides is 3. The van der Waals surface area contributed by atoms with Gasteiger partial charge in [-0.25, -0.2) is 4.39 Å². The van der Waals surface area contributed by atoms with Crippen molar-refractivity contribution >= 4 is 22.5 Å². The molecule has 1 atom stereocenters. The van der Waals surface area contributed by atoms with E-state index in [1.165, 1.54) is 0 Å². The smallest absolute Gasteiger partial charge is 0.356 e. The van der Waals surface area contributed by atoms with Crippen LogP contribution in [0.4, 0.5) is 17.6 Å². The lowest BCUT2D eigenvalue weighted by Gasteiger charge is -2.35. The summed E-state index contributed by atoms with van der Waals surface area (Å²) in [5, 5.41) is 2.87. The summed E-state index contributed by atoms with van der Waals surface area (Å²) < 4.78 is 64.3. The van der Waals surface area contributed by atoms with E-state index in [0.717, 1.165) is 38.2 Å². The van der Waals surface area contributed by atoms with E-state index in [2.05, 4.69) is 5.32 Å². The van der Waals surface area contributed by atoms with Crippen LogP contribution in [0.25, 0.3) is 0 Å². The van der Waals surface area contributed by atoms with Crippen LogP contribution in [0.5, 0.6) is 0 Å². The largest absolute Gasteiger partial charge is 0.416 e. The van der Waals surface area contributed by atoms with E-state index >= 15 is 0 Å². The van der Waals surface area contributed by atoms with E-state index < -0.39 is 39.6 Å². The topological polar surface area (TPSA) is 89.3 Å². The van der Waals surface area contributed by atoms with Crippen molar-refractivity contribution in [1.29, 1.82) is 0 Å². The van der Waals surface area contributed by atoms with Crippen LogP contribution >= 0.6 is 0 Å². The minimum Gasteiger partial charge on any atom is -0.356 e. The Morgan fingerprint density at radius 1 is 1.12 bits per heavy atom. The van der Waals surface area contributed by atoms with E-state index in [4.69, 9.17) is 5.73 Å². The van der Waals surface area contributed by atoms with Crippen molar-refractivity contribution in [2.75, 3.05) is 12.3 Å². The van der Waals surface area contributed by atoms with Gasteiger partial charge in [0.15, 0.2) is 0 Å². The third kappa shape index (κ3) is 6.60. The number of carbonyl (C=O) groups is 2. The molecule has 2 aliphatic rings. The van der Waals surface area contributed by atoms with Crippen molar-refractivity contribution in [1.82, 2.24) is 5.32 Å². The molecule has 5 nitrogen and oxygen atoms in total. The molecule has 0 spiro atoms. The number of carbonyl (C=O) groups excluding carboxylic acids is 2. The van der Waals surface area contributed by atoms with Crippen molar-refractivity contribution < 1.29 is 31.4 Å². The number of hydrogen-bond acceptors (Lipinski definition) is 4. The molecule has 3 rings (SSSR count). The Balaban J connectivity index is 1.42. The predicted octanol–water partition coefficient (Wildman–Crippen LogP) is 3.72. The zero-order valence-corrected chi connectivity index (χ0v) is 18.5. The molecule has 0 saturated heterocycles. The normalized spacial score (nSPS) is 23.8. The SMILES string of the molecule is NC1(CC(=O)NCC2CC(C(=O)CS(=O)c3cc(F)cc(C(F)(F)F)c3)C2)CCCCC1. The van der Waals surface area contributed by atoms with Crippen LogP contribution in [0.15, 0.2) is 23.1 Å². The quantitative estimate of drug-likeness (QED) is 0.560. The maximum atomic E-state index is 13.5. The summed E-state index contributed by atoms with van der Waals surface area (Å²) in [6, 6.07) is 1.70. The van der Waals surface area contributed by atoms with Gasteiger partial charge in [-0.1, -0.05) is 19.3 Å². The molecular weight excluding hydrogens is 448 g/mol. The van der Waals surface area contributed by atoms with E-state index in [-0.39, 0.29) is 34.8 Å². The van der Waals surface area contributed by atoms with Gasteiger partial charge in [0.25, 0.3) is 0 Å². The number of Topliss-reactive ketones (excluding diaryl/α,β-unsaturated/α-hetero) is 1. The van der Waals surface area contributed by atoms with Crippen LogP contribution < -0.4 is 11.1 Å². The van der Waals surface area contributed by atoms with E-state index in [1.807, 2.05) is 0 Å². The molecule has 1 aromatic rings. The second-order valence-corrected chi connectivity index (χ2v) is 10.5. The Bertz CT molecular complexity index is 878. The Hall–Kier alpha value is -1.81.